The van der Waals surface area contributed by atoms with E-state index in [1.807, 2.05) is 0 Å². The van der Waals surface area contributed by atoms with Gasteiger partial charge in [-0.05, 0) is 26.2 Å². The van der Waals surface area contributed by atoms with Gasteiger partial charge in [-0.15, -0.1) is 0 Å². The summed E-state index contributed by atoms with van der Waals surface area (Å²) in [5.74, 6) is -4.05. The molecule has 0 saturated heterocycles. The molecule has 0 heterocycles. The van der Waals surface area contributed by atoms with Gasteiger partial charge >= 0.3 is 5.97 Å². The maximum absolute atomic E-state index is 12.8. The standard InChI is InChI=1S/C9H14F2O2/c1-8(2,7(12)13)6-3-4-9(10,11)5-6/h6H,3-5H2,1-2H3,(H,12,13). The van der Waals surface area contributed by atoms with E-state index in [9.17, 15) is 13.6 Å². The van der Waals surface area contributed by atoms with Crippen LogP contribution in [-0.2, 0) is 4.79 Å². The lowest BCUT2D eigenvalue weighted by Crippen LogP contribution is -2.32. The second kappa shape index (κ2) is 2.93. The number of rotatable bonds is 2. The van der Waals surface area contributed by atoms with Gasteiger partial charge in [0.2, 0.25) is 5.92 Å². The number of alkyl halides is 2. The van der Waals surface area contributed by atoms with E-state index in [1.54, 1.807) is 0 Å². The molecule has 1 rings (SSSR count). The highest BCUT2D eigenvalue weighted by molar-refractivity contribution is 5.74. The normalized spacial score (nSPS) is 27.5. The fourth-order valence-corrected chi connectivity index (χ4v) is 1.74. The van der Waals surface area contributed by atoms with Crippen LogP contribution >= 0.6 is 0 Å². The van der Waals surface area contributed by atoms with Crippen molar-refractivity contribution in [2.24, 2.45) is 11.3 Å². The third-order valence-corrected chi connectivity index (χ3v) is 2.98. The molecule has 13 heavy (non-hydrogen) atoms. The second-order valence-electron chi connectivity index (χ2n) is 4.32. The maximum atomic E-state index is 12.8. The minimum absolute atomic E-state index is 0.172. The average Bonchev–Trinajstić information content (AvgIpc) is 2.30. The molecular weight excluding hydrogens is 178 g/mol. The van der Waals surface area contributed by atoms with Gasteiger partial charge in [-0.3, -0.25) is 4.79 Å². The smallest absolute Gasteiger partial charge is 0.309 e. The van der Waals surface area contributed by atoms with Crippen LogP contribution in [0.4, 0.5) is 8.78 Å². The van der Waals surface area contributed by atoms with Crippen molar-refractivity contribution < 1.29 is 18.7 Å². The molecule has 1 saturated carbocycles. The van der Waals surface area contributed by atoms with Gasteiger partial charge in [0.05, 0.1) is 5.41 Å². The quantitative estimate of drug-likeness (QED) is 0.729. The third-order valence-electron chi connectivity index (χ3n) is 2.98. The van der Waals surface area contributed by atoms with Crippen LogP contribution in [0.1, 0.15) is 33.1 Å². The Bertz CT molecular complexity index is 224. The number of hydrogen-bond donors (Lipinski definition) is 1. The van der Waals surface area contributed by atoms with Crippen LogP contribution < -0.4 is 0 Å². The Balaban J connectivity index is 2.71. The van der Waals surface area contributed by atoms with Gasteiger partial charge in [-0.25, -0.2) is 8.78 Å². The molecule has 1 unspecified atom stereocenters. The highest BCUT2D eigenvalue weighted by Crippen LogP contribution is 2.46. The molecule has 0 radical (unpaired) electrons. The molecule has 4 heteroatoms. The zero-order chi connectivity index (χ0) is 10.3. The summed E-state index contributed by atoms with van der Waals surface area (Å²) in [6.45, 7) is 3.03. The number of halogens is 2. The molecule has 0 spiro atoms. The zero-order valence-corrected chi connectivity index (χ0v) is 7.81. The van der Waals surface area contributed by atoms with Crippen LogP contribution in [0.25, 0.3) is 0 Å². The summed E-state index contributed by atoms with van der Waals surface area (Å²) in [4.78, 5) is 10.8. The lowest BCUT2D eigenvalue weighted by atomic mass is 9.78. The SMILES string of the molecule is CC(C)(C(=O)O)C1CCC(F)(F)C1. The molecule has 0 aromatic heterocycles. The monoisotopic (exact) mass is 192 g/mol. The lowest BCUT2D eigenvalue weighted by Gasteiger charge is -2.26. The first-order valence-electron chi connectivity index (χ1n) is 4.37. The van der Waals surface area contributed by atoms with Crippen LogP contribution in [0, 0.1) is 11.3 Å². The Hall–Kier alpha value is -0.670. The van der Waals surface area contributed by atoms with E-state index in [0.717, 1.165) is 0 Å². The molecule has 0 amide bonds. The lowest BCUT2D eigenvalue weighted by molar-refractivity contribution is -0.150. The molecule has 0 aliphatic heterocycles. The second-order valence-corrected chi connectivity index (χ2v) is 4.32. The molecule has 0 aromatic rings. The van der Waals surface area contributed by atoms with Gasteiger partial charge in [0.1, 0.15) is 0 Å². The number of carboxylic acids is 1. The molecule has 76 valence electrons. The van der Waals surface area contributed by atoms with E-state index in [2.05, 4.69) is 0 Å². The first-order chi connectivity index (χ1) is 5.76. The van der Waals surface area contributed by atoms with Crippen LogP contribution in [0.2, 0.25) is 0 Å². The molecule has 0 bridgehead atoms. The van der Waals surface area contributed by atoms with E-state index in [0.29, 0.717) is 6.42 Å². The molecular formula is C9H14F2O2. The van der Waals surface area contributed by atoms with Crippen LogP contribution in [0.3, 0.4) is 0 Å². The van der Waals surface area contributed by atoms with Crippen molar-refractivity contribution in [1.29, 1.82) is 0 Å². The Kier molecular flexibility index (Phi) is 2.34. The van der Waals surface area contributed by atoms with Crippen LogP contribution in [0.15, 0.2) is 0 Å². The fourth-order valence-electron chi connectivity index (χ4n) is 1.74. The van der Waals surface area contributed by atoms with Gasteiger partial charge in [-0.1, -0.05) is 0 Å². The Morgan fingerprint density at radius 1 is 1.54 bits per heavy atom. The van der Waals surface area contributed by atoms with E-state index in [1.165, 1.54) is 13.8 Å². The summed E-state index contributed by atoms with van der Waals surface area (Å²) in [7, 11) is 0. The maximum Gasteiger partial charge on any atom is 0.309 e. The number of carbonyl (C=O) groups is 1. The first-order valence-corrected chi connectivity index (χ1v) is 4.37. The molecule has 1 aliphatic rings. The molecule has 0 aromatic carbocycles. The van der Waals surface area contributed by atoms with Crippen molar-refractivity contribution in [3.8, 4) is 0 Å². The van der Waals surface area contributed by atoms with E-state index in [4.69, 9.17) is 5.11 Å². The predicted octanol–water partition coefficient (Wildman–Crippen LogP) is 2.53. The topological polar surface area (TPSA) is 37.3 Å². The van der Waals surface area contributed by atoms with Gasteiger partial charge < -0.3 is 5.11 Å². The van der Waals surface area contributed by atoms with Crippen molar-refractivity contribution >= 4 is 5.97 Å². The summed E-state index contributed by atoms with van der Waals surface area (Å²) in [6.07, 6.45) is -0.146. The van der Waals surface area contributed by atoms with Gasteiger partial charge in [0, 0.05) is 12.8 Å². The Morgan fingerprint density at radius 3 is 2.38 bits per heavy atom. The van der Waals surface area contributed by atoms with Crippen molar-refractivity contribution in [2.75, 3.05) is 0 Å². The molecule has 1 fully saturated rings. The highest BCUT2D eigenvalue weighted by Gasteiger charge is 2.48. The van der Waals surface area contributed by atoms with E-state index < -0.39 is 23.2 Å². The fraction of sp³-hybridized carbons (Fsp3) is 0.889. The van der Waals surface area contributed by atoms with Crippen molar-refractivity contribution in [3.05, 3.63) is 0 Å². The van der Waals surface area contributed by atoms with Gasteiger partial charge in [0.15, 0.2) is 0 Å². The van der Waals surface area contributed by atoms with E-state index >= 15 is 0 Å². The average molecular weight is 192 g/mol. The summed E-state index contributed by atoms with van der Waals surface area (Å²) in [6, 6.07) is 0. The predicted molar refractivity (Wildman–Crippen MR) is 43.7 cm³/mol. The van der Waals surface area contributed by atoms with Crippen molar-refractivity contribution in [1.82, 2.24) is 0 Å². The van der Waals surface area contributed by atoms with Crippen molar-refractivity contribution in [2.45, 2.75) is 39.0 Å². The number of hydrogen-bond acceptors (Lipinski definition) is 1. The summed E-state index contributed by atoms with van der Waals surface area (Å²) in [5.41, 5.74) is -1.03. The molecule has 2 nitrogen and oxygen atoms in total. The third kappa shape index (κ3) is 1.98. The van der Waals surface area contributed by atoms with Gasteiger partial charge in [0.25, 0.3) is 0 Å². The number of aliphatic carboxylic acids is 1. The largest absolute Gasteiger partial charge is 0.481 e. The minimum atomic E-state index is -2.66. The summed E-state index contributed by atoms with van der Waals surface area (Å²) < 4.78 is 25.6. The van der Waals surface area contributed by atoms with Gasteiger partial charge in [-0.2, -0.15) is 0 Å². The molecule has 1 aliphatic carbocycles. The molecule has 1 atom stereocenters. The first kappa shape index (κ1) is 10.4. The minimum Gasteiger partial charge on any atom is -0.481 e. The van der Waals surface area contributed by atoms with Crippen LogP contribution in [-0.4, -0.2) is 17.0 Å². The molecule has 1 N–H and O–H groups in total. The van der Waals surface area contributed by atoms with Crippen LogP contribution in [0.5, 0.6) is 0 Å². The highest BCUT2D eigenvalue weighted by atomic mass is 19.3. The van der Waals surface area contributed by atoms with E-state index in [-0.39, 0.29) is 12.8 Å². The zero-order valence-electron chi connectivity index (χ0n) is 7.81. The number of carboxylic acid groups (broad SMARTS) is 1. The Labute approximate surface area is 75.9 Å². The summed E-state index contributed by atoms with van der Waals surface area (Å²) in [5, 5.41) is 8.83. The Morgan fingerprint density at radius 2 is 2.08 bits per heavy atom. The van der Waals surface area contributed by atoms with Crippen molar-refractivity contribution in [3.63, 3.8) is 0 Å². The summed E-state index contributed by atoms with van der Waals surface area (Å²) >= 11 is 0.